The molecule has 2 atom stereocenters. The maximum atomic E-state index is 12.9. The van der Waals surface area contributed by atoms with Crippen molar-refractivity contribution in [3.05, 3.63) is 41.0 Å². The fourth-order valence-corrected chi connectivity index (χ4v) is 5.34. The molecule has 1 aromatic heterocycles. The van der Waals surface area contributed by atoms with Gasteiger partial charge in [-0.3, -0.25) is 9.62 Å². The van der Waals surface area contributed by atoms with Crippen LogP contribution in [0.25, 0.3) is 0 Å². The van der Waals surface area contributed by atoms with Gasteiger partial charge < -0.3 is 9.80 Å². The van der Waals surface area contributed by atoms with Crippen molar-refractivity contribution >= 4 is 39.2 Å². The van der Waals surface area contributed by atoms with Crippen molar-refractivity contribution in [1.82, 2.24) is 19.6 Å². The average Bonchev–Trinajstić information content (AvgIpc) is 3.38. The number of anilines is 2. The van der Waals surface area contributed by atoms with E-state index >= 15 is 0 Å². The van der Waals surface area contributed by atoms with Crippen LogP contribution in [0, 0.1) is 0 Å². The molecule has 3 heterocycles. The Hall–Kier alpha value is -2.30. The molecule has 11 heteroatoms. The van der Waals surface area contributed by atoms with Crippen molar-refractivity contribution in [2.75, 3.05) is 42.1 Å². The third-order valence-corrected chi connectivity index (χ3v) is 7.27. The van der Waals surface area contributed by atoms with Gasteiger partial charge in [0.25, 0.3) is 0 Å². The summed E-state index contributed by atoms with van der Waals surface area (Å²) in [6, 6.07) is 8.14. The summed E-state index contributed by atoms with van der Waals surface area (Å²) in [7, 11) is -3.44. The smallest absolute Gasteiger partial charge is 0.344 e. The third kappa shape index (κ3) is 5.62. The number of aromatic nitrogens is 2. The van der Waals surface area contributed by atoms with E-state index in [1.807, 2.05) is 6.07 Å². The fraction of sp³-hybridized carbons (Fsp3) is 0.545. The van der Waals surface area contributed by atoms with Crippen LogP contribution in [-0.2, 0) is 16.6 Å². The molecule has 4 rings (SSSR count). The zero-order valence-electron chi connectivity index (χ0n) is 19.2. The van der Waals surface area contributed by atoms with E-state index in [-0.39, 0.29) is 17.9 Å². The van der Waals surface area contributed by atoms with Gasteiger partial charge in [0.15, 0.2) is 5.82 Å². The molecule has 9 nitrogen and oxygen atoms in total. The highest BCUT2D eigenvalue weighted by molar-refractivity contribution is 7.92. The van der Waals surface area contributed by atoms with Crippen molar-refractivity contribution in [2.45, 2.75) is 45.3 Å². The first-order valence-electron chi connectivity index (χ1n) is 11.2. The lowest BCUT2D eigenvalue weighted by atomic mass is 10.1. The molecule has 0 spiro atoms. The number of nitrogens with zero attached hydrogens (tertiary/aromatic N) is 5. The van der Waals surface area contributed by atoms with E-state index in [1.54, 1.807) is 4.90 Å². The Morgan fingerprint density at radius 3 is 2.64 bits per heavy atom. The van der Waals surface area contributed by atoms with Gasteiger partial charge in [0.05, 0.1) is 17.0 Å². The lowest BCUT2D eigenvalue weighted by Crippen LogP contribution is -2.54. The van der Waals surface area contributed by atoms with Crippen molar-refractivity contribution in [1.29, 1.82) is 0 Å². The Morgan fingerprint density at radius 1 is 1.18 bits per heavy atom. The molecule has 33 heavy (non-hydrogen) atoms. The Balaban J connectivity index is 1.38. The molecule has 2 fully saturated rings. The second-order valence-corrected chi connectivity index (χ2v) is 11.2. The van der Waals surface area contributed by atoms with Crippen LogP contribution >= 0.6 is 11.6 Å². The Bertz CT molecular complexity index is 1120. The van der Waals surface area contributed by atoms with E-state index in [9.17, 15) is 13.2 Å². The van der Waals surface area contributed by atoms with E-state index in [4.69, 9.17) is 11.6 Å². The maximum absolute atomic E-state index is 12.9. The Labute approximate surface area is 200 Å². The molecule has 0 saturated carbocycles. The molecule has 1 amide bonds. The second kappa shape index (κ2) is 9.52. The van der Waals surface area contributed by atoms with Crippen molar-refractivity contribution in [3.63, 3.8) is 0 Å². The summed E-state index contributed by atoms with van der Waals surface area (Å²) >= 11 is 6.52. The summed E-state index contributed by atoms with van der Waals surface area (Å²) < 4.78 is 26.2. The molecule has 1 aromatic carbocycles. The second-order valence-electron chi connectivity index (χ2n) is 9.04. The number of hydrogen-bond acceptors (Lipinski definition) is 6. The van der Waals surface area contributed by atoms with Crippen molar-refractivity contribution in [3.8, 4) is 0 Å². The highest BCUT2D eigenvalue weighted by Gasteiger charge is 2.29. The quantitative estimate of drug-likeness (QED) is 0.687. The van der Waals surface area contributed by atoms with Crippen molar-refractivity contribution in [2.24, 2.45) is 0 Å². The molecule has 2 aliphatic rings. The number of hydrogen-bond donors (Lipinski definition) is 1. The summed E-state index contributed by atoms with van der Waals surface area (Å²) in [5.41, 5.74) is 2.32. The normalized spacial score (nSPS) is 22.1. The van der Waals surface area contributed by atoms with Gasteiger partial charge >= 0.3 is 6.03 Å². The molecule has 1 N–H and O–H groups in total. The highest BCUT2D eigenvalue weighted by atomic mass is 35.5. The van der Waals surface area contributed by atoms with Crippen LogP contribution in [0.2, 0.25) is 5.02 Å². The standard InChI is InChI=1S/C22H31ClN6O3S/c1-16-5-4-9-28(16)20-13-18(6-7-19(20)23)15-26-11-12-27(14-17(26)2)22(30)29-10-8-21(24-29)25-33(3,31)32/h6-8,10,13,16-17H,4-5,9,11-12,14-15H2,1-3H3,(H,24,25)/t16-,17-/m1/s1. The highest BCUT2D eigenvalue weighted by Crippen LogP contribution is 2.33. The van der Waals surface area contributed by atoms with Crippen LogP contribution in [-0.4, -0.2) is 78.5 Å². The predicted octanol–water partition coefficient (Wildman–Crippen LogP) is 3.07. The largest absolute Gasteiger partial charge is 0.368 e. The number of benzene rings is 1. The van der Waals surface area contributed by atoms with Crippen LogP contribution in [0.1, 0.15) is 32.3 Å². The first-order valence-corrected chi connectivity index (χ1v) is 13.5. The summed E-state index contributed by atoms with van der Waals surface area (Å²) in [6.45, 7) is 8.06. The maximum Gasteiger partial charge on any atom is 0.344 e. The van der Waals surface area contributed by atoms with Gasteiger partial charge in [-0.2, -0.15) is 4.68 Å². The minimum atomic E-state index is -3.44. The lowest BCUT2D eigenvalue weighted by molar-refractivity contribution is 0.0921. The average molecular weight is 495 g/mol. The van der Waals surface area contributed by atoms with Gasteiger partial charge in [0, 0.05) is 57.1 Å². The monoisotopic (exact) mass is 494 g/mol. The van der Waals surface area contributed by atoms with E-state index in [0.717, 1.165) is 36.6 Å². The minimum absolute atomic E-state index is 0.128. The van der Waals surface area contributed by atoms with Gasteiger partial charge in [-0.1, -0.05) is 17.7 Å². The van der Waals surface area contributed by atoms with Gasteiger partial charge in [-0.05, 0) is 44.4 Å². The number of carbonyl (C=O) groups is 1. The number of piperazine rings is 1. The fourth-order valence-electron chi connectivity index (χ4n) is 4.63. The first kappa shape index (κ1) is 23.8. The first-order chi connectivity index (χ1) is 15.6. The van der Waals surface area contributed by atoms with Gasteiger partial charge in [-0.15, -0.1) is 5.10 Å². The zero-order valence-corrected chi connectivity index (χ0v) is 20.8. The molecular weight excluding hydrogens is 464 g/mol. The molecule has 0 bridgehead atoms. The molecule has 0 unspecified atom stereocenters. The number of sulfonamides is 1. The number of rotatable bonds is 5. The van der Waals surface area contributed by atoms with Crippen LogP contribution in [0.15, 0.2) is 30.5 Å². The van der Waals surface area contributed by atoms with E-state index in [0.29, 0.717) is 19.1 Å². The Morgan fingerprint density at radius 2 is 1.97 bits per heavy atom. The summed E-state index contributed by atoms with van der Waals surface area (Å²) in [5.74, 6) is 0.128. The van der Waals surface area contributed by atoms with Crippen LogP contribution in [0.5, 0.6) is 0 Å². The number of amides is 1. The third-order valence-electron chi connectivity index (χ3n) is 6.37. The van der Waals surface area contributed by atoms with Gasteiger partial charge in [0.1, 0.15) is 0 Å². The molecule has 0 radical (unpaired) electrons. The molecule has 0 aliphatic carbocycles. The SMILES string of the molecule is C[C@@H]1CN(C(=O)n2ccc(NS(C)(=O)=O)n2)CCN1Cc1ccc(Cl)c(N2CCC[C@H]2C)c1. The number of halogens is 1. The molecule has 2 saturated heterocycles. The van der Waals surface area contributed by atoms with E-state index in [1.165, 1.54) is 35.4 Å². The Kier molecular flexibility index (Phi) is 6.88. The zero-order chi connectivity index (χ0) is 23.8. The van der Waals surface area contributed by atoms with E-state index < -0.39 is 10.0 Å². The summed E-state index contributed by atoms with van der Waals surface area (Å²) in [4.78, 5) is 19.4. The minimum Gasteiger partial charge on any atom is -0.368 e. The van der Waals surface area contributed by atoms with Crippen LogP contribution in [0.3, 0.4) is 0 Å². The number of nitrogens with one attached hydrogen (secondary N) is 1. The number of carbonyl (C=O) groups excluding carboxylic acids is 1. The molecular formula is C22H31ClN6O3S. The van der Waals surface area contributed by atoms with Gasteiger partial charge in [0.2, 0.25) is 10.0 Å². The van der Waals surface area contributed by atoms with Crippen LogP contribution in [0.4, 0.5) is 16.3 Å². The molecule has 2 aliphatic heterocycles. The van der Waals surface area contributed by atoms with Crippen molar-refractivity contribution < 1.29 is 13.2 Å². The van der Waals surface area contributed by atoms with Crippen LogP contribution < -0.4 is 9.62 Å². The summed E-state index contributed by atoms with van der Waals surface area (Å²) in [6.07, 6.45) is 4.90. The summed E-state index contributed by atoms with van der Waals surface area (Å²) in [5, 5.41) is 4.84. The lowest BCUT2D eigenvalue weighted by Gasteiger charge is -2.39. The van der Waals surface area contributed by atoms with E-state index in [2.05, 4.69) is 45.6 Å². The topological polar surface area (TPSA) is 90.8 Å². The molecule has 180 valence electrons. The molecule has 2 aromatic rings. The predicted molar refractivity (Wildman–Crippen MR) is 130 cm³/mol. The van der Waals surface area contributed by atoms with Gasteiger partial charge in [-0.25, -0.2) is 13.2 Å².